The first-order chi connectivity index (χ1) is 9.08. The highest BCUT2D eigenvalue weighted by atomic mass is 79.9. The molecule has 4 unspecified atom stereocenters. The van der Waals surface area contributed by atoms with Crippen LogP contribution in [0, 0.1) is 5.92 Å². The monoisotopic (exact) mass is 326 g/mol. The van der Waals surface area contributed by atoms with E-state index in [1.54, 1.807) is 12.1 Å². The van der Waals surface area contributed by atoms with Crippen LogP contribution in [0.5, 0.6) is 5.75 Å². The number of rotatable bonds is 2. The number of nitrogens with two attached hydrogens (primary N) is 1. The van der Waals surface area contributed by atoms with Crippen molar-refractivity contribution in [2.75, 3.05) is 6.61 Å². The van der Waals surface area contributed by atoms with E-state index >= 15 is 0 Å². The summed E-state index contributed by atoms with van der Waals surface area (Å²) in [4.78, 5) is 12.1. The molecule has 102 valence electrons. The van der Waals surface area contributed by atoms with Crippen molar-refractivity contribution in [3.05, 3.63) is 28.2 Å². The lowest BCUT2D eigenvalue weighted by atomic mass is 9.72. The molecule has 1 aromatic rings. The predicted molar refractivity (Wildman–Crippen MR) is 72.9 cm³/mol. The minimum Gasteiger partial charge on any atom is -0.507 e. The zero-order valence-electron chi connectivity index (χ0n) is 10.2. The van der Waals surface area contributed by atoms with Crippen LogP contribution in [0.1, 0.15) is 16.8 Å². The zero-order chi connectivity index (χ0) is 13.6. The Hall–Kier alpha value is -1.11. The number of carbonyl (C=O) groups excluding carboxylic acids is 1. The van der Waals surface area contributed by atoms with E-state index in [0.29, 0.717) is 22.6 Å². The number of phenolic OH excluding ortho intramolecular Hbond substituents is 1. The van der Waals surface area contributed by atoms with Crippen molar-refractivity contribution in [2.45, 2.75) is 24.6 Å². The fraction of sp³-hybridized carbons (Fsp3) is 0.462. The summed E-state index contributed by atoms with van der Waals surface area (Å²) < 4.78 is 6.12. The van der Waals surface area contributed by atoms with Crippen LogP contribution in [0.2, 0.25) is 0 Å². The van der Waals surface area contributed by atoms with Crippen molar-refractivity contribution in [2.24, 2.45) is 11.7 Å². The highest BCUT2D eigenvalue weighted by Crippen LogP contribution is 2.37. The van der Waals surface area contributed by atoms with Gasteiger partial charge in [0, 0.05) is 24.1 Å². The van der Waals surface area contributed by atoms with Gasteiger partial charge in [-0.1, -0.05) is 0 Å². The molecular weight excluding hydrogens is 312 g/mol. The molecule has 6 heteroatoms. The topological polar surface area (TPSA) is 84.6 Å². The third kappa shape index (κ3) is 2.13. The van der Waals surface area contributed by atoms with E-state index in [4.69, 9.17) is 10.5 Å². The van der Waals surface area contributed by atoms with Crippen LogP contribution in [0.25, 0.3) is 0 Å². The van der Waals surface area contributed by atoms with Gasteiger partial charge in [0.2, 0.25) is 0 Å². The maximum atomic E-state index is 12.1. The first-order valence-electron chi connectivity index (χ1n) is 6.24. The lowest BCUT2D eigenvalue weighted by molar-refractivity contribution is -0.0161. The number of phenols is 1. The van der Waals surface area contributed by atoms with Gasteiger partial charge in [-0.3, -0.25) is 4.79 Å². The first-order valence-corrected chi connectivity index (χ1v) is 7.04. The number of amides is 1. The molecule has 2 aliphatic rings. The van der Waals surface area contributed by atoms with E-state index in [0.717, 1.165) is 6.42 Å². The molecule has 0 radical (unpaired) electrons. The number of hydrogen-bond donors (Lipinski definition) is 3. The van der Waals surface area contributed by atoms with Gasteiger partial charge >= 0.3 is 0 Å². The second kappa shape index (κ2) is 4.77. The summed E-state index contributed by atoms with van der Waals surface area (Å²) in [6, 6.07) is 4.54. The summed E-state index contributed by atoms with van der Waals surface area (Å²) in [5, 5.41) is 12.5. The highest BCUT2D eigenvalue weighted by molar-refractivity contribution is 9.10. The Balaban J connectivity index is 1.70. The Morgan fingerprint density at radius 2 is 2.32 bits per heavy atom. The van der Waals surface area contributed by atoms with E-state index in [-0.39, 0.29) is 29.8 Å². The molecule has 19 heavy (non-hydrogen) atoms. The Morgan fingerprint density at radius 3 is 3.05 bits per heavy atom. The number of nitrogens with one attached hydrogen (secondary N) is 1. The molecule has 1 aromatic carbocycles. The molecule has 3 rings (SSSR count). The minimum atomic E-state index is -0.239. The Kier molecular flexibility index (Phi) is 3.24. The maximum Gasteiger partial charge on any atom is 0.251 e. The number of fused-ring (bicyclic) bond motifs is 1. The molecule has 5 nitrogen and oxygen atoms in total. The molecule has 4 N–H and O–H groups in total. The van der Waals surface area contributed by atoms with Crippen molar-refractivity contribution in [1.82, 2.24) is 5.32 Å². The number of ether oxygens (including phenoxy) is 1. The Morgan fingerprint density at radius 1 is 1.53 bits per heavy atom. The fourth-order valence-corrected chi connectivity index (χ4v) is 3.06. The molecule has 1 amide bonds. The normalized spacial score (nSPS) is 32.5. The van der Waals surface area contributed by atoms with Crippen LogP contribution < -0.4 is 11.1 Å². The SMILES string of the molecule is NC1C2CCOC2C1NC(=O)c1ccc(Br)c(O)c1. The molecule has 0 bridgehead atoms. The molecular formula is C13H15BrN2O3. The van der Waals surface area contributed by atoms with Crippen LogP contribution in [0.3, 0.4) is 0 Å². The molecule has 1 aliphatic heterocycles. The fourth-order valence-electron chi connectivity index (χ4n) is 2.82. The Bertz CT molecular complexity index is 523. The van der Waals surface area contributed by atoms with E-state index in [2.05, 4.69) is 21.2 Å². The number of hydrogen-bond acceptors (Lipinski definition) is 4. The lowest BCUT2D eigenvalue weighted by Crippen LogP contribution is -2.68. The highest BCUT2D eigenvalue weighted by Gasteiger charge is 2.52. The molecule has 2 fully saturated rings. The van der Waals surface area contributed by atoms with Gasteiger partial charge in [0.25, 0.3) is 5.91 Å². The van der Waals surface area contributed by atoms with E-state index in [1.165, 1.54) is 6.07 Å². The second-order valence-electron chi connectivity index (χ2n) is 5.03. The first kappa shape index (κ1) is 12.9. The maximum absolute atomic E-state index is 12.1. The molecule has 1 heterocycles. The average molecular weight is 327 g/mol. The molecule has 4 atom stereocenters. The summed E-state index contributed by atoms with van der Waals surface area (Å²) >= 11 is 3.18. The van der Waals surface area contributed by atoms with Crippen LogP contribution in [-0.4, -0.2) is 35.8 Å². The largest absolute Gasteiger partial charge is 0.507 e. The van der Waals surface area contributed by atoms with Crippen molar-refractivity contribution < 1.29 is 14.6 Å². The van der Waals surface area contributed by atoms with Crippen LogP contribution >= 0.6 is 15.9 Å². The predicted octanol–water partition coefficient (Wildman–Crippen LogP) is 0.999. The van der Waals surface area contributed by atoms with Gasteiger partial charge < -0.3 is 20.9 Å². The van der Waals surface area contributed by atoms with Crippen molar-refractivity contribution in [1.29, 1.82) is 0 Å². The second-order valence-corrected chi connectivity index (χ2v) is 5.89. The van der Waals surface area contributed by atoms with E-state index in [9.17, 15) is 9.90 Å². The van der Waals surface area contributed by atoms with E-state index in [1.807, 2.05) is 0 Å². The molecule has 1 aliphatic carbocycles. The van der Waals surface area contributed by atoms with Crippen LogP contribution in [-0.2, 0) is 4.74 Å². The zero-order valence-corrected chi connectivity index (χ0v) is 11.8. The van der Waals surface area contributed by atoms with Crippen LogP contribution in [0.15, 0.2) is 22.7 Å². The van der Waals surface area contributed by atoms with Gasteiger partial charge in [0.15, 0.2) is 0 Å². The van der Waals surface area contributed by atoms with Crippen LogP contribution in [0.4, 0.5) is 0 Å². The third-order valence-electron chi connectivity index (χ3n) is 3.95. The average Bonchev–Trinajstić information content (AvgIpc) is 2.83. The van der Waals surface area contributed by atoms with Gasteiger partial charge in [0.05, 0.1) is 16.6 Å². The molecule has 1 saturated heterocycles. The number of benzene rings is 1. The number of carbonyl (C=O) groups is 1. The van der Waals surface area contributed by atoms with Gasteiger partial charge in [-0.15, -0.1) is 0 Å². The van der Waals surface area contributed by atoms with Gasteiger partial charge in [0.1, 0.15) is 5.75 Å². The lowest BCUT2D eigenvalue weighted by Gasteiger charge is -2.45. The Labute approximate surface area is 119 Å². The standard InChI is InChI=1S/C13H15BrN2O3/c14-8-2-1-6(5-9(8)17)13(18)16-11-10(15)7-3-4-19-12(7)11/h1-2,5,7,10-12,17H,3-4,15H2,(H,16,18). The summed E-state index contributed by atoms with van der Waals surface area (Å²) in [6.45, 7) is 0.717. The number of halogens is 1. The van der Waals surface area contributed by atoms with Gasteiger partial charge in [-0.2, -0.15) is 0 Å². The molecule has 0 aromatic heterocycles. The summed E-state index contributed by atoms with van der Waals surface area (Å²) in [6.07, 6.45) is 1.01. The molecule has 0 spiro atoms. The van der Waals surface area contributed by atoms with Gasteiger partial charge in [-0.05, 0) is 40.5 Å². The smallest absolute Gasteiger partial charge is 0.251 e. The van der Waals surface area contributed by atoms with Crippen molar-refractivity contribution >= 4 is 21.8 Å². The summed E-state index contributed by atoms with van der Waals surface area (Å²) in [7, 11) is 0. The van der Waals surface area contributed by atoms with Gasteiger partial charge in [-0.25, -0.2) is 0 Å². The quantitative estimate of drug-likeness (QED) is 0.757. The minimum absolute atomic E-state index is 0.0412. The van der Waals surface area contributed by atoms with Crippen molar-refractivity contribution in [3.63, 3.8) is 0 Å². The molecule has 1 saturated carbocycles. The summed E-state index contributed by atoms with van der Waals surface area (Å²) in [5.41, 5.74) is 6.45. The summed E-state index contributed by atoms with van der Waals surface area (Å²) in [5.74, 6) is 0.168. The van der Waals surface area contributed by atoms with E-state index < -0.39 is 0 Å². The number of aromatic hydroxyl groups is 1. The third-order valence-corrected chi connectivity index (χ3v) is 4.62. The van der Waals surface area contributed by atoms with Crippen molar-refractivity contribution in [3.8, 4) is 5.75 Å².